The van der Waals surface area contributed by atoms with Gasteiger partial charge < -0.3 is 10.4 Å². The molecule has 82 valence electrons. The van der Waals surface area contributed by atoms with Crippen LogP contribution in [0.3, 0.4) is 0 Å². The summed E-state index contributed by atoms with van der Waals surface area (Å²) in [6.07, 6.45) is 0.268. The second kappa shape index (κ2) is 4.81. The number of aromatic hydroxyl groups is 1. The Hall–Kier alpha value is -1.81. The van der Waals surface area contributed by atoms with E-state index >= 15 is 0 Å². The number of rotatable bonds is 3. The predicted molar refractivity (Wildman–Crippen MR) is 64.8 cm³/mol. The first-order chi connectivity index (χ1) is 7.74. The summed E-state index contributed by atoms with van der Waals surface area (Å²) in [5.41, 5.74) is 1.61. The number of hydrogen-bond donors (Lipinski definition) is 2. The van der Waals surface area contributed by atoms with Crippen molar-refractivity contribution < 1.29 is 9.90 Å². The minimum absolute atomic E-state index is 0.0796. The van der Waals surface area contributed by atoms with Crippen molar-refractivity contribution in [3.63, 3.8) is 0 Å². The molecule has 0 unspecified atom stereocenters. The first-order valence-electron chi connectivity index (χ1n) is 4.84. The lowest BCUT2D eigenvalue weighted by Gasteiger charge is -2.03. The van der Waals surface area contributed by atoms with Crippen LogP contribution in [-0.2, 0) is 11.2 Å². The molecule has 4 heteroatoms. The van der Waals surface area contributed by atoms with Gasteiger partial charge in [0.05, 0.1) is 12.1 Å². The van der Waals surface area contributed by atoms with E-state index in [2.05, 4.69) is 5.32 Å². The van der Waals surface area contributed by atoms with Crippen LogP contribution in [0.25, 0.3) is 0 Å². The molecular weight excluding hydrogens is 222 g/mol. The monoisotopic (exact) mass is 233 g/mol. The molecule has 0 radical (unpaired) electrons. The molecule has 2 aromatic rings. The number of carbonyl (C=O) groups is 1. The number of phenols is 1. The van der Waals surface area contributed by atoms with Crippen LogP contribution in [0.1, 0.15) is 5.56 Å². The maximum Gasteiger partial charge on any atom is 0.228 e. The number of carbonyl (C=O) groups excluding carboxylic acids is 1. The number of phenolic OH excluding ortho intramolecular Hbond substituents is 1. The van der Waals surface area contributed by atoms with Crippen molar-refractivity contribution in [2.45, 2.75) is 6.42 Å². The van der Waals surface area contributed by atoms with Gasteiger partial charge in [-0.15, -0.1) is 0 Å². The lowest BCUT2D eigenvalue weighted by Crippen LogP contribution is -2.13. The van der Waals surface area contributed by atoms with E-state index in [4.69, 9.17) is 0 Å². The summed E-state index contributed by atoms with van der Waals surface area (Å²) in [4.78, 5) is 11.6. The number of nitrogens with one attached hydrogen (secondary N) is 1. The van der Waals surface area contributed by atoms with Crippen molar-refractivity contribution in [3.05, 3.63) is 46.7 Å². The molecule has 2 rings (SSSR count). The predicted octanol–water partition coefficient (Wildman–Crippen LogP) is 2.63. The lowest BCUT2D eigenvalue weighted by atomic mass is 10.1. The van der Waals surface area contributed by atoms with Crippen LogP contribution >= 0.6 is 11.3 Å². The highest BCUT2D eigenvalue weighted by Crippen LogP contribution is 2.14. The van der Waals surface area contributed by atoms with Gasteiger partial charge in [-0.3, -0.25) is 4.79 Å². The Balaban J connectivity index is 1.97. The Morgan fingerprint density at radius 3 is 2.94 bits per heavy atom. The second-order valence-corrected chi connectivity index (χ2v) is 4.19. The van der Waals surface area contributed by atoms with Gasteiger partial charge in [-0.2, -0.15) is 11.3 Å². The molecule has 2 N–H and O–H groups in total. The molecule has 0 atom stereocenters. The number of anilines is 1. The number of thiophene rings is 1. The molecule has 0 saturated carbocycles. The smallest absolute Gasteiger partial charge is 0.228 e. The highest BCUT2D eigenvalue weighted by molar-refractivity contribution is 7.08. The van der Waals surface area contributed by atoms with Gasteiger partial charge in [-0.1, -0.05) is 12.1 Å². The summed E-state index contributed by atoms with van der Waals surface area (Å²) >= 11 is 1.54. The Morgan fingerprint density at radius 1 is 1.38 bits per heavy atom. The van der Waals surface area contributed by atoms with E-state index in [-0.39, 0.29) is 18.1 Å². The number of hydrogen-bond acceptors (Lipinski definition) is 3. The summed E-state index contributed by atoms with van der Waals surface area (Å²) in [6.45, 7) is 0. The standard InChI is InChI=1S/C12H11NO2S/c14-11-3-1-2-9(6-11)7-12(15)13-10-4-5-16-8-10/h1-6,8,14H,7H2,(H,13,15). The minimum atomic E-state index is -0.0796. The van der Waals surface area contributed by atoms with Crippen LogP contribution in [0, 0.1) is 0 Å². The number of benzene rings is 1. The summed E-state index contributed by atoms with van der Waals surface area (Å²) in [5, 5.41) is 15.8. The van der Waals surface area contributed by atoms with Crippen LogP contribution in [-0.4, -0.2) is 11.0 Å². The SMILES string of the molecule is O=C(Cc1cccc(O)c1)Nc1ccsc1. The zero-order valence-electron chi connectivity index (χ0n) is 8.51. The van der Waals surface area contributed by atoms with Gasteiger partial charge in [0.1, 0.15) is 5.75 Å². The lowest BCUT2D eigenvalue weighted by molar-refractivity contribution is -0.115. The molecule has 3 nitrogen and oxygen atoms in total. The third kappa shape index (κ3) is 2.84. The molecule has 1 aromatic heterocycles. The van der Waals surface area contributed by atoms with Crippen molar-refractivity contribution in [2.75, 3.05) is 5.32 Å². The Kier molecular flexibility index (Phi) is 3.22. The fourth-order valence-corrected chi connectivity index (χ4v) is 1.98. The summed E-state index contributed by atoms with van der Waals surface area (Å²) in [5.74, 6) is 0.102. The molecule has 0 aliphatic heterocycles. The average Bonchev–Trinajstić information content (AvgIpc) is 2.70. The fourth-order valence-electron chi connectivity index (χ4n) is 1.39. The average molecular weight is 233 g/mol. The molecule has 0 aliphatic carbocycles. The first kappa shape index (κ1) is 10.7. The fraction of sp³-hybridized carbons (Fsp3) is 0.0833. The van der Waals surface area contributed by atoms with Crippen molar-refractivity contribution >= 4 is 22.9 Å². The second-order valence-electron chi connectivity index (χ2n) is 3.41. The summed E-state index contributed by atoms with van der Waals surface area (Å²) in [7, 11) is 0. The minimum Gasteiger partial charge on any atom is -0.508 e. The third-order valence-corrected chi connectivity index (χ3v) is 2.76. The largest absolute Gasteiger partial charge is 0.508 e. The topological polar surface area (TPSA) is 49.3 Å². The van der Waals surface area contributed by atoms with Gasteiger partial charge in [-0.25, -0.2) is 0 Å². The molecule has 1 amide bonds. The van der Waals surface area contributed by atoms with Gasteiger partial charge in [0.2, 0.25) is 5.91 Å². The maximum atomic E-state index is 11.6. The van der Waals surface area contributed by atoms with Crippen molar-refractivity contribution in [1.82, 2.24) is 0 Å². The molecular formula is C12H11NO2S. The van der Waals surface area contributed by atoms with E-state index in [1.807, 2.05) is 22.9 Å². The molecule has 16 heavy (non-hydrogen) atoms. The molecule has 0 bridgehead atoms. The van der Waals surface area contributed by atoms with Crippen LogP contribution in [0.2, 0.25) is 0 Å². The van der Waals surface area contributed by atoms with Gasteiger partial charge >= 0.3 is 0 Å². The van der Waals surface area contributed by atoms with Crippen molar-refractivity contribution in [2.24, 2.45) is 0 Å². The van der Waals surface area contributed by atoms with E-state index in [9.17, 15) is 9.90 Å². The normalized spacial score (nSPS) is 10.0. The van der Waals surface area contributed by atoms with Crippen LogP contribution in [0.15, 0.2) is 41.1 Å². The van der Waals surface area contributed by atoms with E-state index in [1.165, 1.54) is 11.3 Å². The molecule has 0 saturated heterocycles. The third-order valence-electron chi connectivity index (χ3n) is 2.08. The highest BCUT2D eigenvalue weighted by Gasteiger charge is 2.04. The highest BCUT2D eigenvalue weighted by atomic mass is 32.1. The maximum absolute atomic E-state index is 11.6. The van der Waals surface area contributed by atoms with Crippen LogP contribution < -0.4 is 5.32 Å². The van der Waals surface area contributed by atoms with E-state index in [0.717, 1.165) is 11.3 Å². The van der Waals surface area contributed by atoms with E-state index in [1.54, 1.807) is 18.2 Å². The molecule has 0 aliphatic rings. The van der Waals surface area contributed by atoms with Crippen molar-refractivity contribution in [3.8, 4) is 5.75 Å². The van der Waals surface area contributed by atoms with E-state index < -0.39 is 0 Å². The van der Waals surface area contributed by atoms with Gasteiger partial charge in [-0.05, 0) is 29.1 Å². The first-order valence-corrected chi connectivity index (χ1v) is 5.78. The number of amides is 1. The Bertz CT molecular complexity index is 480. The Morgan fingerprint density at radius 2 is 2.25 bits per heavy atom. The zero-order valence-corrected chi connectivity index (χ0v) is 9.33. The quantitative estimate of drug-likeness (QED) is 0.856. The molecule has 1 heterocycles. The van der Waals surface area contributed by atoms with Gasteiger partial charge in [0.15, 0.2) is 0 Å². The molecule has 0 spiro atoms. The summed E-state index contributed by atoms with van der Waals surface area (Å²) < 4.78 is 0. The van der Waals surface area contributed by atoms with Crippen molar-refractivity contribution in [1.29, 1.82) is 0 Å². The molecule has 0 fully saturated rings. The van der Waals surface area contributed by atoms with Gasteiger partial charge in [0.25, 0.3) is 0 Å². The van der Waals surface area contributed by atoms with E-state index in [0.29, 0.717) is 0 Å². The molecule has 1 aromatic carbocycles. The van der Waals surface area contributed by atoms with Crippen LogP contribution in [0.4, 0.5) is 5.69 Å². The Labute approximate surface area is 97.4 Å². The summed E-state index contributed by atoms with van der Waals surface area (Å²) in [6, 6.07) is 8.56. The van der Waals surface area contributed by atoms with Gasteiger partial charge in [0, 0.05) is 5.38 Å². The van der Waals surface area contributed by atoms with Crippen LogP contribution in [0.5, 0.6) is 5.75 Å². The zero-order chi connectivity index (χ0) is 11.4.